The Morgan fingerprint density at radius 1 is 0.418 bits per heavy atom. The molecular formula is C51H38N4. The van der Waals surface area contributed by atoms with Crippen LogP contribution in [0.5, 0.6) is 0 Å². The van der Waals surface area contributed by atoms with Crippen LogP contribution in [0.2, 0.25) is 0 Å². The molecule has 0 saturated heterocycles. The first-order chi connectivity index (χ1) is 27.2. The van der Waals surface area contributed by atoms with E-state index < -0.39 is 0 Å². The van der Waals surface area contributed by atoms with Crippen LogP contribution in [0.15, 0.2) is 200 Å². The van der Waals surface area contributed by atoms with Crippen molar-refractivity contribution < 1.29 is 0 Å². The average molecular weight is 707 g/mol. The maximum absolute atomic E-state index is 5.06. The van der Waals surface area contributed by atoms with E-state index in [1.807, 2.05) is 42.5 Å². The topological polar surface area (TPSA) is 51.6 Å². The summed E-state index contributed by atoms with van der Waals surface area (Å²) in [6, 6.07) is 52.7. The van der Waals surface area contributed by atoms with Gasteiger partial charge in [0.15, 0.2) is 11.6 Å². The van der Waals surface area contributed by atoms with E-state index in [4.69, 9.17) is 19.9 Å². The third kappa shape index (κ3) is 7.57. The van der Waals surface area contributed by atoms with Gasteiger partial charge in [-0.05, 0) is 47.2 Å². The summed E-state index contributed by atoms with van der Waals surface area (Å²) in [5.74, 6) is 1.65. The lowest BCUT2D eigenvalue weighted by Crippen LogP contribution is -2.05. The summed E-state index contributed by atoms with van der Waals surface area (Å²) in [6.45, 7) is 0. The largest absolute Gasteiger partial charge is 0.232 e. The second kappa shape index (κ2) is 15.5. The Morgan fingerprint density at radius 3 is 1.55 bits per heavy atom. The van der Waals surface area contributed by atoms with E-state index in [-0.39, 0.29) is 5.92 Å². The monoisotopic (exact) mass is 706 g/mol. The van der Waals surface area contributed by atoms with Crippen LogP contribution < -0.4 is 0 Å². The average Bonchev–Trinajstić information content (AvgIpc) is 3.57. The van der Waals surface area contributed by atoms with E-state index in [1.54, 1.807) is 0 Å². The highest BCUT2D eigenvalue weighted by Gasteiger charge is 2.18. The van der Waals surface area contributed by atoms with Crippen molar-refractivity contribution in [1.29, 1.82) is 0 Å². The molecule has 0 spiro atoms. The second-order valence-electron chi connectivity index (χ2n) is 13.8. The Bertz CT molecular complexity index is 2540. The number of aromatic nitrogens is 4. The Kier molecular flexibility index (Phi) is 9.53. The zero-order chi connectivity index (χ0) is 36.8. The van der Waals surface area contributed by atoms with Gasteiger partial charge in [-0.2, -0.15) is 0 Å². The van der Waals surface area contributed by atoms with Crippen LogP contribution in [-0.2, 0) is 0 Å². The summed E-state index contributed by atoms with van der Waals surface area (Å²) in [6.07, 6.45) is 19.2. The van der Waals surface area contributed by atoms with Gasteiger partial charge in [0.1, 0.15) is 0 Å². The van der Waals surface area contributed by atoms with E-state index in [9.17, 15) is 0 Å². The van der Waals surface area contributed by atoms with Crippen LogP contribution in [0, 0.1) is 0 Å². The van der Waals surface area contributed by atoms with E-state index >= 15 is 0 Å². The van der Waals surface area contributed by atoms with Crippen molar-refractivity contribution in [1.82, 2.24) is 19.9 Å². The van der Waals surface area contributed by atoms with Gasteiger partial charge in [0.05, 0.1) is 22.8 Å². The number of rotatable bonds is 8. The molecule has 0 fully saturated rings. The van der Waals surface area contributed by atoms with Crippen LogP contribution in [0.25, 0.3) is 67.4 Å². The van der Waals surface area contributed by atoms with Crippen LogP contribution in [-0.4, -0.2) is 19.9 Å². The molecule has 2 heterocycles. The molecular weight excluding hydrogens is 669 g/mol. The molecule has 0 bridgehead atoms. The van der Waals surface area contributed by atoms with Crippen molar-refractivity contribution in [2.45, 2.75) is 18.8 Å². The fraction of sp³-hybridized carbons (Fsp3) is 0.0588. The van der Waals surface area contributed by atoms with Crippen molar-refractivity contribution >= 4 is 11.1 Å². The second-order valence-corrected chi connectivity index (χ2v) is 13.8. The van der Waals surface area contributed by atoms with E-state index in [0.717, 1.165) is 80.7 Å². The standard InChI is InChI=1S/C51H38N4/c1-2-7-19-44(18-6-1)50-52-46(40-14-8-3-9-15-40)34-48(54-50)42-30-26-38(27-31-42)36-22-24-37(25-23-36)39-28-32-43(33-29-39)49-35-47(41-16-10-4-11-17-41)53-51(55-49)45-20-12-5-13-21-45/h1,3-32,34-35,43H,2,33H2. The van der Waals surface area contributed by atoms with Gasteiger partial charge >= 0.3 is 0 Å². The summed E-state index contributed by atoms with van der Waals surface area (Å²) < 4.78 is 0. The molecule has 4 heteroatoms. The van der Waals surface area contributed by atoms with Crippen LogP contribution in [0.1, 0.15) is 35.8 Å². The number of benzene rings is 5. The van der Waals surface area contributed by atoms with Gasteiger partial charge in [-0.15, -0.1) is 0 Å². The Morgan fingerprint density at radius 2 is 0.945 bits per heavy atom. The molecule has 0 aliphatic heterocycles. The third-order valence-corrected chi connectivity index (χ3v) is 10.1. The highest BCUT2D eigenvalue weighted by atomic mass is 14.9. The number of hydrogen-bond donors (Lipinski definition) is 0. The predicted octanol–water partition coefficient (Wildman–Crippen LogP) is 12.6. The summed E-state index contributed by atoms with van der Waals surface area (Å²) in [7, 11) is 0. The molecule has 2 aliphatic carbocycles. The highest BCUT2D eigenvalue weighted by molar-refractivity contribution is 5.79. The number of nitrogens with zero attached hydrogens (tertiary/aromatic N) is 4. The normalized spacial score (nSPS) is 14.9. The van der Waals surface area contributed by atoms with Crippen LogP contribution in [0.4, 0.5) is 0 Å². The summed E-state index contributed by atoms with van der Waals surface area (Å²) in [4.78, 5) is 20.0. The van der Waals surface area contributed by atoms with E-state index in [1.165, 1.54) is 16.7 Å². The van der Waals surface area contributed by atoms with Gasteiger partial charge in [-0.1, -0.05) is 188 Å². The van der Waals surface area contributed by atoms with Crippen LogP contribution >= 0.6 is 0 Å². The molecule has 1 unspecified atom stereocenters. The summed E-state index contributed by atoms with van der Waals surface area (Å²) >= 11 is 0. The van der Waals surface area contributed by atoms with Crippen molar-refractivity contribution in [3.05, 3.63) is 217 Å². The van der Waals surface area contributed by atoms with Gasteiger partial charge in [-0.3, -0.25) is 0 Å². The SMILES string of the molecule is C1=CCC=CC(c2nc(-c3ccccc3)cc(-c3ccc(-c4ccc(C5=CCC(c6cc(-c7ccccc7)nc(-c7ccccc7)n6)C=C5)cc4)cc3)n2)=C1. The van der Waals surface area contributed by atoms with Crippen molar-refractivity contribution in [3.8, 4) is 56.3 Å². The number of hydrogen-bond acceptors (Lipinski definition) is 4. The molecule has 1 atom stereocenters. The molecule has 0 amide bonds. The Balaban J connectivity index is 0.939. The highest BCUT2D eigenvalue weighted by Crippen LogP contribution is 2.34. The van der Waals surface area contributed by atoms with Gasteiger partial charge in [0, 0.05) is 33.7 Å². The quantitative estimate of drug-likeness (QED) is 0.158. The van der Waals surface area contributed by atoms with Gasteiger partial charge in [0.25, 0.3) is 0 Å². The van der Waals surface area contributed by atoms with Gasteiger partial charge < -0.3 is 0 Å². The van der Waals surface area contributed by atoms with Crippen molar-refractivity contribution in [2.24, 2.45) is 0 Å². The van der Waals surface area contributed by atoms with Crippen LogP contribution in [0.3, 0.4) is 0 Å². The maximum atomic E-state index is 5.06. The van der Waals surface area contributed by atoms with Crippen molar-refractivity contribution in [2.75, 3.05) is 0 Å². The minimum atomic E-state index is 0.168. The fourth-order valence-electron chi connectivity index (χ4n) is 7.08. The zero-order valence-electron chi connectivity index (χ0n) is 30.3. The molecule has 0 saturated carbocycles. The Hall–Kier alpha value is -7.04. The molecule has 5 aromatic carbocycles. The van der Waals surface area contributed by atoms with Crippen molar-refractivity contribution in [3.63, 3.8) is 0 Å². The lowest BCUT2D eigenvalue weighted by molar-refractivity contribution is 0.813. The number of allylic oxidation sites excluding steroid dienone is 10. The lowest BCUT2D eigenvalue weighted by Gasteiger charge is -2.18. The first kappa shape index (κ1) is 33.8. The summed E-state index contributed by atoms with van der Waals surface area (Å²) in [5, 5.41) is 0. The minimum absolute atomic E-state index is 0.168. The predicted molar refractivity (Wildman–Crippen MR) is 227 cm³/mol. The lowest BCUT2D eigenvalue weighted by atomic mass is 9.89. The van der Waals surface area contributed by atoms with Gasteiger partial charge in [-0.25, -0.2) is 19.9 Å². The molecule has 7 aromatic rings. The fourth-order valence-corrected chi connectivity index (χ4v) is 7.08. The molecule has 0 radical (unpaired) electrons. The summed E-state index contributed by atoms with van der Waals surface area (Å²) in [5.41, 5.74) is 13.8. The molecule has 55 heavy (non-hydrogen) atoms. The maximum Gasteiger partial charge on any atom is 0.160 e. The molecule has 9 rings (SSSR count). The molecule has 262 valence electrons. The molecule has 4 nitrogen and oxygen atoms in total. The minimum Gasteiger partial charge on any atom is -0.232 e. The van der Waals surface area contributed by atoms with E-state index in [0.29, 0.717) is 0 Å². The third-order valence-electron chi connectivity index (χ3n) is 10.1. The first-order valence-electron chi connectivity index (χ1n) is 18.8. The van der Waals surface area contributed by atoms with E-state index in [2.05, 4.69) is 158 Å². The van der Waals surface area contributed by atoms with Gasteiger partial charge in [0.2, 0.25) is 0 Å². The Labute approximate surface area is 322 Å². The first-order valence-corrected chi connectivity index (χ1v) is 18.8. The molecule has 2 aliphatic rings. The molecule has 2 aromatic heterocycles. The smallest absolute Gasteiger partial charge is 0.160 e. The zero-order valence-corrected chi connectivity index (χ0v) is 30.3. The molecule has 0 N–H and O–H groups in total.